The molecule has 1 atom stereocenters. The molecule has 0 radical (unpaired) electrons. The van der Waals surface area contributed by atoms with Crippen molar-refractivity contribution in [3.05, 3.63) is 60.4 Å². The molecule has 1 aliphatic rings. The van der Waals surface area contributed by atoms with Crippen LogP contribution in [0.5, 0.6) is 0 Å². The molecule has 1 aromatic carbocycles. The molecular formula is C19H18N4OS. The van der Waals surface area contributed by atoms with Crippen LogP contribution in [-0.2, 0) is 0 Å². The summed E-state index contributed by atoms with van der Waals surface area (Å²) in [6, 6.07) is 15.5. The predicted molar refractivity (Wildman–Crippen MR) is 98.8 cm³/mol. The normalized spacial score (nSPS) is 17.4. The molecule has 0 bridgehead atoms. The van der Waals surface area contributed by atoms with Crippen LogP contribution in [0.4, 0.5) is 5.13 Å². The number of anilines is 1. The summed E-state index contributed by atoms with van der Waals surface area (Å²) in [5.74, 6) is 0.0887. The Hall–Kier alpha value is -2.60. The zero-order valence-electron chi connectivity index (χ0n) is 13.7. The Kier molecular flexibility index (Phi) is 4.52. The first-order valence-corrected chi connectivity index (χ1v) is 9.22. The number of hydrogen-bond donors (Lipinski definition) is 0. The van der Waals surface area contributed by atoms with Gasteiger partial charge in [-0.15, -0.1) is 10.2 Å². The Balaban J connectivity index is 1.50. The molecular weight excluding hydrogens is 332 g/mol. The monoisotopic (exact) mass is 350 g/mol. The molecule has 0 aliphatic carbocycles. The summed E-state index contributed by atoms with van der Waals surface area (Å²) in [5.41, 5.74) is 1.63. The quantitative estimate of drug-likeness (QED) is 0.672. The van der Waals surface area contributed by atoms with Gasteiger partial charge >= 0.3 is 0 Å². The van der Waals surface area contributed by atoms with E-state index in [0.717, 1.165) is 35.1 Å². The van der Waals surface area contributed by atoms with Crippen LogP contribution in [0.25, 0.3) is 10.6 Å². The molecule has 126 valence electrons. The molecule has 0 amide bonds. The van der Waals surface area contributed by atoms with E-state index >= 15 is 0 Å². The minimum atomic E-state index is -0.0345. The molecule has 0 saturated carbocycles. The number of aromatic nitrogens is 3. The highest BCUT2D eigenvalue weighted by atomic mass is 32.1. The van der Waals surface area contributed by atoms with Gasteiger partial charge in [-0.05, 0) is 25.0 Å². The molecule has 1 aliphatic heterocycles. The lowest BCUT2D eigenvalue weighted by Gasteiger charge is -2.31. The first-order valence-electron chi connectivity index (χ1n) is 8.40. The second-order valence-electron chi connectivity index (χ2n) is 6.12. The van der Waals surface area contributed by atoms with E-state index in [4.69, 9.17) is 0 Å². The fraction of sp³-hybridized carbons (Fsp3) is 0.263. The molecule has 6 heteroatoms. The zero-order chi connectivity index (χ0) is 17.1. The van der Waals surface area contributed by atoms with Crippen molar-refractivity contribution >= 4 is 22.3 Å². The highest BCUT2D eigenvalue weighted by molar-refractivity contribution is 7.18. The lowest BCUT2D eigenvalue weighted by atomic mass is 9.92. The van der Waals surface area contributed by atoms with E-state index < -0.39 is 0 Å². The van der Waals surface area contributed by atoms with Crippen LogP contribution < -0.4 is 4.90 Å². The van der Waals surface area contributed by atoms with Crippen LogP contribution in [0.3, 0.4) is 0 Å². The number of pyridine rings is 1. The second-order valence-corrected chi connectivity index (χ2v) is 7.08. The van der Waals surface area contributed by atoms with Gasteiger partial charge in [-0.3, -0.25) is 9.78 Å². The van der Waals surface area contributed by atoms with Crippen molar-refractivity contribution in [2.75, 3.05) is 18.0 Å². The first-order chi connectivity index (χ1) is 12.3. The van der Waals surface area contributed by atoms with E-state index in [1.54, 1.807) is 23.6 Å². The summed E-state index contributed by atoms with van der Waals surface area (Å²) in [6.45, 7) is 1.59. The Bertz CT molecular complexity index is 850. The average Bonchev–Trinajstić information content (AvgIpc) is 3.19. The van der Waals surface area contributed by atoms with E-state index in [2.05, 4.69) is 20.1 Å². The maximum Gasteiger partial charge on any atom is 0.208 e. The molecule has 1 fully saturated rings. The third-order valence-corrected chi connectivity index (χ3v) is 5.45. The standard InChI is InChI=1S/C19H18N4OS/c24-17(16-10-4-5-11-20-16)15-9-6-12-23(13-15)19-22-21-18(25-19)14-7-2-1-3-8-14/h1-5,7-8,10-11,15H,6,9,12-13H2. The zero-order valence-corrected chi connectivity index (χ0v) is 14.5. The molecule has 0 spiro atoms. The van der Waals surface area contributed by atoms with Crippen molar-refractivity contribution < 1.29 is 4.79 Å². The van der Waals surface area contributed by atoms with E-state index in [1.165, 1.54) is 0 Å². The first kappa shape index (κ1) is 15.9. The van der Waals surface area contributed by atoms with Crippen molar-refractivity contribution in [2.45, 2.75) is 12.8 Å². The van der Waals surface area contributed by atoms with Crippen LogP contribution in [0.15, 0.2) is 54.7 Å². The number of benzene rings is 1. The van der Waals surface area contributed by atoms with Crippen LogP contribution in [0.1, 0.15) is 23.3 Å². The van der Waals surface area contributed by atoms with Crippen LogP contribution >= 0.6 is 11.3 Å². The van der Waals surface area contributed by atoms with Crippen molar-refractivity contribution in [3.63, 3.8) is 0 Å². The molecule has 2 aromatic heterocycles. The third-order valence-electron chi connectivity index (χ3n) is 4.42. The van der Waals surface area contributed by atoms with Gasteiger partial charge in [-0.25, -0.2) is 0 Å². The number of Topliss-reactive ketones (excluding diaryl/α,β-unsaturated/α-hetero) is 1. The van der Waals surface area contributed by atoms with Gasteiger partial charge in [0.15, 0.2) is 5.78 Å². The van der Waals surface area contributed by atoms with Gasteiger partial charge in [0, 0.05) is 30.8 Å². The summed E-state index contributed by atoms with van der Waals surface area (Å²) in [5, 5.41) is 10.5. The minimum absolute atomic E-state index is 0.0345. The van der Waals surface area contributed by atoms with Gasteiger partial charge in [0.2, 0.25) is 5.13 Å². The molecule has 25 heavy (non-hydrogen) atoms. The number of carbonyl (C=O) groups is 1. The van der Waals surface area contributed by atoms with Crippen LogP contribution in [0.2, 0.25) is 0 Å². The summed E-state index contributed by atoms with van der Waals surface area (Å²) in [4.78, 5) is 19.1. The highest BCUT2D eigenvalue weighted by Crippen LogP contribution is 2.31. The number of carbonyl (C=O) groups excluding carboxylic acids is 1. The highest BCUT2D eigenvalue weighted by Gasteiger charge is 2.28. The molecule has 1 saturated heterocycles. The maximum absolute atomic E-state index is 12.7. The van der Waals surface area contributed by atoms with Crippen molar-refractivity contribution in [1.29, 1.82) is 0 Å². The van der Waals surface area contributed by atoms with Gasteiger partial charge in [-0.2, -0.15) is 0 Å². The number of hydrogen-bond acceptors (Lipinski definition) is 6. The molecule has 3 aromatic rings. The maximum atomic E-state index is 12.7. The molecule has 1 unspecified atom stereocenters. The van der Waals surface area contributed by atoms with E-state index in [0.29, 0.717) is 12.2 Å². The van der Waals surface area contributed by atoms with Crippen LogP contribution in [0, 0.1) is 5.92 Å². The SMILES string of the molecule is O=C(c1ccccn1)C1CCCN(c2nnc(-c3ccccc3)s2)C1. The Morgan fingerprint density at radius 3 is 2.72 bits per heavy atom. The molecule has 5 nitrogen and oxygen atoms in total. The fourth-order valence-electron chi connectivity index (χ4n) is 3.12. The molecule has 3 heterocycles. The van der Waals surface area contributed by atoms with Gasteiger partial charge in [0.05, 0.1) is 0 Å². The third kappa shape index (κ3) is 3.44. The average molecular weight is 350 g/mol. The van der Waals surface area contributed by atoms with Crippen LogP contribution in [-0.4, -0.2) is 34.1 Å². The number of nitrogens with zero attached hydrogens (tertiary/aromatic N) is 4. The van der Waals surface area contributed by atoms with E-state index in [9.17, 15) is 4.79 Å². The van der Waals surface area contributed by atoms with E-state index in [1.807, 2.05) is 42.5 Å². The lowest BCUT2D eigenvalue weighted by Crippen LogP contribution is -2.39. The second kappa shape index (κ2) is 7.11. The van der Waals surface area contributed by atoms with E-state index in [-0.39, 0.29) is 11.7 Å². The summed E-state index contributed by atoms with van der Waals surface area (Å²) in [7, 11) is 0. The summed E-state index contributed by atoms with van der Waals surface area (Å²) in [6.07, 6.45) is 3.55. The largest absolute Gasteiger partial charge is 0.346 e. The van der Waals surface area contributed by atoms with Gasteiger partial charge in [0.1, 0.15) is 10.7 Å². The van der Waals surface area contributed by atoms with Gasteiger partial charge in [-0.1, -0.05) is 47.7 Å². The van der Waals surface area contributed by atoms with Crippen molar-refractivity contribution in [2.24, 2.45) is 5.92 Å². The number of piperidine rings is 1. The summed E-state index contributed by atoms with van der Waals surface area (Å²) >= 11 is 1.58. The van der Waals surface area contributed by atoms with Crippen molar-refractivity contribution in [1.82, 2.24) is 15.2 Å². The lowest BCUT2D eigenvalue weighted by molar-refractivity contribution is 0.0902. The Morgan fingerprint density at radius 2 is 1.92 bits per heavy atom. The predicted octanol–water partition coefficient (Wildman–Crippen LogP) is 3.70. The Labute approximate surface area is 150 Å². The summed E-state index contributed by atoms with van der Waals surface area (Å²) < 4.78 is 0. The number of ketones is 1. The molecule has 4 rings (SSSR count). The minimum Gasteiger partial charge on any atom is -0.346 e. The Morgan fingerprint density at radius 1 is 1.08 bits per heavy atom. The smallest absolute Gasteiger partial charge is 0.208 e. The topological polar surface area (TPSA) is 59.0 Å². The van der Waals surface area contributed by atoms with Gasteiger partial charge in [0.25, 0.3) is 0 Å². The van der Waals surface area contributed by atoms with Crippen molar-refractivity contribution in [3.8, 4) is 10.6 Å². The molecule has 0 N–H and O–H groups in total. The number of rotatable bonds is 4. The van der Waals surface area contributed by atoms with Gasteiger partial charge < -0.3 is 4.90 Å². The fourth-order valence-corrected chi connectivity index (χ4v) is 4.01.